The molecular weight excluding hydrogens is 395 g/mol. The smallest absolute Gasteiger partial charge is 0.428 e. The van der Waals surface area contributed by atoms with Gasteiger partial charge in [0.25, 0.3) is 0 Å². The minimum atomic E-state index is -4.47. The zero-order valence-corrected chi connectivity index (χ0v) is 15.8. The summed E-state index contributed by atoms with van der Waals surface area (Å²) in [5.74, 6) is 0.270. The summed E-state index contributed by atoms with van der Waals surface area (Å²) in [7, 11) is 0. The average molecular weight is 419 g/mol. The van der Waals surface area contributed by atoms with Crippen LogP contribution < -0.4 is 10.1 Å². The zero-order chi connectivity index (χ0) is 17.2. The van der Waals surface area contributed by atoms with Crippen LogP contribution in [0.25, 0.3) is 0 Å². The lowest BCUT2D eigenvalue weighted by Crippen LogP contribution is -2.47. The fraction of sp³-hybridized carbons (Fsp3) is 0.647. The number of nitrogens with one attached hydrogen (secondary N) is 1. The van der Waals surface area contributed by atoms with Crippen molar-refractivity contribution in [2.45, 2.75) is 37.8 Å². The summed E-state index contributed by atoms with van der Waals surface area (Å²) in [4.78, 5) is 2.35. The normalized spacial score (nSPS) is 19.9. The SMILES string of the molecule is Cl.Cl.FC(F)C(F)(F)Oc1cccc([C@H](C2CCC2)N2CCNCC2)c1. The van der Waals surface area contributed by atoms with Gasteiger partial charge in [-0.3, -0.25) is 4.90 Å². The highest BCUT2D eigenvalue weighted by Gasteiger charge is 2.44. The molecule has 0 unspecified atom stereocenters. The first-order valence-corrected chi connectivity index (χ1v) is 8.37. The maximum atomic E-state index is 13.2. The first-order chi connectivity index (χ1) is 11.5. The van der Waals surface area contributed by atoms with Crippen LogP contribution in [-0.2, 0) is 0 Å². The molecule has 0 spiro atoms. The Hall–Kier alpha value is -0.760. The van der Waals surface area contributed by atoms with Gasteiger partial charge >= 0.3 is 12.5 Å². The maximum absolute atomic E-state index is 13.2. The van der Waals surface area contributed by atoms with Crippen molar-refractivity contribution >= 4 is 24.8 Å². The summed E-state index contributed by atoms with van der Waals surface area (Å²) < 4.78 is 55.3. The lowest BCUT2D eigenvalue weighted by atomic mass is 9.76. The summed E-state index contributed by atoms with van der Waals surface area (Å²) >= 11 is 0. The van der Waals surface area contributed by atoms with Crippen molar-refractivity contribution < 1.29 is 22.3 Å². The van der Waals surface area contributed by atoms with Gasteiger partial charge in [-0.25, -0.2) is 0 Å². The number of alkyl halides is 4. The Kier molecular flexibility index (Phi) is 8.93. The predicted octanol–water partition coefficient (Wildman–Crippen LogP) is 4.51. The number of ether oxygens (including phenoxy) is 1. The molecule has 2 aliphatic rings. The molecule has 150 valence electrons. The summed E-state index contributed by atoms with van der Waals surface area (Å²) in [6.07, 6.45) is -4.94. The van der Waals surface area contributed by atoms with E-state index in [9.17, 15) is 17.6 Å². The van der Waals surface area contributed by atoms with Crippen molar-refractivity contribution in [3.05, 3.63) is 29.8 Å². The Bertz CT molecular complexity index is 555. The molecule has 9 heteroatoms. The third kappa shape index (κ3) is 5.38. The lowest BCUT2D eigenvalue weighted by Gasteiger charge is -2.43. The van der Waals surface area contributed by atoms with Crippen molar-refractivity contribution in [1.29, 1.82) is 0 Å². The average Bonchev–Trinajstić information content (AvgIpc) is 2.51. The second-order valence-electron chi connectivity index (χ2n) is 6.46. The third-order valence-corrected chi connectivity index (χ3v) is 4.85. The van der Waals surface area contributed by atoms with Crippen LogP contribution in [0, 0.1) is 5.92 Å². The molecule has 1 N–H and O–H groups in total. The van der Waals surface area contributed by atoms with Crippen molar-refractivity contribution in [1.82, 2.24) is 10.2 Å². The van der Waals surface area contributed by atoms with E-state index >= 15 is 0 Å². The molecule has 3 nitrogen and oxygen atoms in total. The highest BCUT2D eigenvalue weighted by molar-refractivity contribution is 5.85. The van der Waals surface area contributed by atoms with E-state index in [-0.39, 0.29) is 36.6 Å². The van der Waals surface area contributed by atoms with Gasteiger partial charge in [0.1, 0.15) is 5.75 Å². The second kappa shape index (κ2) is 9.97. The Balaban J connectivity index is 0.00000169. The van der Waals surface area contributed by atoms with Crippen LogP contribution in [-0.4, -0.2) is 43.6 Å². The van der Waals surface area contributed by atoms with E-state index in [2.05, 4.69) is 15.0 Å². The van der Waals surface area contributed by atoms with E-state index in [4.69, 9.17) is 0 Å². The largest absolute Gasteiger partial charge is 0.461 e. The van der Waals surface area contributed by atoms with Crippen LogP contribution in [0.3, 0.4) is 0 Å². The summed E-state index contributed by atoms with van der Waals surface area (Å²) in [5, 5.41) is 3.30. The van der Waals surface area contributed by atoms with Crippen molar-refractivity contribution in [2.75, 3.05) is 26.2 Å². The van der Waals surface area contributed by atoms with Gasteiger partial charge in [-0.05, 0) is 36.5 Å². The van der Waals surface area contributed by atoms with E-state index in [0.29, 0.717) is 5.92 Å². The topological polar surface area (TPSA) is 24.5 Å². The van der Waals surface area contributed by atoms with Crippen molar-refractivity contribution in [3.63, 3.8) is 0 Å². The molecule has 1 atom stereocenters. The summed E-state index contributed by atoms with van der Waals surface area (Å²) in [6, 6.07) is 6.39. The van der Waals surface area contributed by atoms with Gasteiger partial charge in [-0.2, -0.15) is 17.6 Å². The summed E-state index contributed by atoms with van der Waals surface area (Å²) in [5.41, 5.74) is 0.865. The standard InChI is InChI=1S/C17H22F4N2O.2ClH/c18-16(19)17(20,21)24-14-6-2-5-13(11-14)15(12-3-1-4-12)23-9-7-22-8-10-23;;/h2,5-6,11-12,15-16,22H,1,3-4,7-10H2;2*1H/t15-;;/m0../s1. The minimum absolute atomic E-state index is 0. The first kappa shape index (κ1) is 23.3. The fourth-order valence-corrected chi connectivity index (χ4v) is 3.46. The zero-order valence-electron chi connectivity index (χ0n) is 14.2. The molecular formula is C17H24Cl2F4N2O. The number of nitrogens with zero attached hydrogens (tertiary/aromatic N) is 1. The van der Waals surface area contributed by atoms with E-state index in [0.717, 1.165) is 44.6 Å². The van der Waals surface area contributed by atoms with Crippen LogP contribution in [0.1, 0.15) is 30.9 Å². The lowest BCUT2D eigenvalue weighted by molar-refractivity contribution is -0.253. The highest BCUT2D eigenvalue weighted by atomic mass is 35.5. The Morgan fingerprint density at radius 1 is 1.12 bits per heavy atom. The number of hydrogen-bond donors (Lipinski definition) is 1. The van der Waals surface area contributed by atoms with Crippen LogP contribution in [0.2, 0.25) is 0 Å². The third-order valence-electron chi connectivity index (χ3n) is 4.85. The molecule has 1 aliphatic heterocycles. The van der Waals surface area contributed by atoms with Crippen molar-refractivity contribution in [2.24, 2.45) is 5.92 Å². The molecule has 1 saturated carbocycles. The molecule has 1 heterocycles. The first-order valence-electron chi connectivity index (χ1n) is 8.37. The Labute approximate surface area is 163 Å². The van der Waals surface area contributed by atoms with E-state index in [1.165, 1.54) is 18.6 Å². The monoisotopic (exact) mass is 418 g/mol. The molecule has 0 amide bonds. The highest BCUT2D eigenvalue weighted by Crippen LogP contribution is 2.42. The van der Waals surface area contributed by atoms with Gasteiger partial charge < -0.3 is 10.1 Å². The number of benzene rings is 1. The minimum Gasteiger partial charge on any atom is -0.428 e. The van der Waals surface area contributed by atoms with E-state index in [1.54, 1.807) is 6.07 Å². The van der Waals surface area contributed by atoms with Crippen LogP contribution in [0.15, 0.2) is 24.3 Å². The van der Waals surface area contributed by atoms with Gasteiger partial charge in [0.2, 0.25) is 0 Å². The molecule has 1 saturated heterocycles. The summed E-state index contributed by atoms with van der Waals surface area (Å²) in [6.45, 7) is 3.56. The second-order valence-corrected chi connectivity index (χ2v) is 6.46. The van der Waals surface area contributed by atoms with Crippen LogP contribution >= 0.6 is 24.8 Å². The molecule has 3 rings (SSSR count). The molecule has 0 radical (unpaired) electrons. The molecule has 26 heavy (non-hydrogen) atoms. The molecule has 1 aliphatic carbocycles. The number of hydrogen-bond acceptors (Lipinski definition) is 3. The van der Waals surface area contributed by atoms with Gasteiger partial charge in [0.05, 0.1) is 0 Å². The number of rotatable bonds is 6. The molecule has 1 aromatic carbocycles. The van der Waals surface area contributed by atoms with Gasteiger partial charge in [0, 0.05) is 32.2 Å². The fourth-order valence-electron chi connectivity index (χ4n) is 3.46. The molecule has 0 aromatic heterocycles. The Morgan fingerprint density at radius 2 is 1.77 bits per heavy atom. The van der Waals surface area contributed by atoms with E-state index < -0.39 is 12.5 Å². The van der Waals surface area contributed by atoms with Gasteiger partial charge in [-0.1, -0.05) is 18.6 Å². The maximum Gasteiger partial charge on any atom is 0.461 e. The number of halogens is 6. The van der Waals surface area contributed by atoms with Gasteiger partial charge in [0.15, 0.2) is 0 Å². The number of piperazine rings is 1. The van der Waals surface area contributed by atoms with Crippen molar-refractivity contribution in [3.8, 4) is 5.75 Å². The van der Waals surface area contributed by atoms with E-state index in [1.807, 2.05) is 6.07 Å². The predicted molar refractivity (Wildman–Crippen MR) is 97.0 cm³/mol. The Morgan fingerprint density at radius 3 is 2.31 bits per heavy atom. The van der Waals surface area contributed by atoms with Crippen LogP contribution in [0.4, 0.5) is 17.6 Å². The molecule has 0 bridgehead atoms. The van der Waals surface area contributed by atoms with Crippen LogP contribution in [0.5, 0.6) is 5.75 Å². The molecule has 1 aromatic rings. The quantitative estimate of drug-likeness (QED) is 0.687. The molecule has 2 fully saturated rings. The van der Waals surface area contributed by atoms with Gasteiger partial charge in [-0.15, -0.1) is 24.8 Å².